The van der Waals surface area contributed by atoms with Crippen LogP contribution in [0, 0.1) is 6.92 Å². The predicted octanol–water partition coefficient (Wildman–Crippen LogP) is 5.11. The predicted molar refractivity (Wildman–Crippen MR) is 133 cm³/mol. The summed E-state index contributed by atoms with van der Waals surface area (Å²) in [6.45, 7) is 1.60. The van der Waals surface area contributed by atoms with Crippen LogP contribution in [0.1, 0.15) is 22.9 Å². The summed E-state index contributed by atoms with van der Waals surface area (Å²) >= 11 is 1.48. The maximum Gasteiger partial charge on any atom is 0.341 e. The minimum Gasteiger partial charge on any atom is -0.481 e. The first-order valence-corrected chi connectivity index (χ1v) is 11.9. The van der Waals surface area contributed by atoms with Crippen LogP contribution < -0.4 is 14.8 Å². The number of benzene rings is 3. The molecule has 2 heterocycles. The number of nitrogens with one attached hydrogen (secondary N) is 1. The summed E-state index contributed by atoms with van der Waals surface area (Å²) < 4.78 is 11.8. The number of aliphatic carboxylic acids is 1. The van der Waals surface area contributed by atoms with E-state index in [9.17, 15) is 4.79 Å². The van der Waals surface area contributed by atoms with Gasteiger partial charge in [0, 0.05) is 17.0 Å². The number of anilines is 1. The molecule has 0 fully saturated rings. The van der Waals surface area contributed by atoms with Gasteiger partial charge in [-0.1, -0.05) is 71.9 Å². The Morgan fingerprint density at radius 3 is 2.66 bits per heavy atom. The lowest BCUT2D eigenvalue weighted by molar-refractivity contribution is -0.139. The molecule has 1 aliphatic heterocycles. The maximum absolute atomic E-state index is 11.1. The molecule has 0 saturated heterocycles. The van der Waals surface area contributed by atoms with E-state index in [1.807, 2.05) is 36.4 Å². The van der Waals surface area contributed by atoms with Crippen LogP contribution in [0.5, 0.6) is 11.6 Å². The van der Waals surface area contributed by atoms with Crippen molar-refractivity contribution in [1.29, 1.82) is 0 Å². The van der Waals surface area contributed by atoms with Crippen molar-refractivity contribution in [1.82, 2.24) is 15.2 Å². The van der Waals surface area contributed by atoms with Crippen LogP contribution in [0.4, 0.5) is 5.69 Å². The monoisotopic (exact) mass is 486 g/mol. The van der Waals surface area contributed by atoms with Gasteiger partial charge in [-0.25, -0.2) is 4.79 Å². The standard InChI is InChI=1S/C26H22N4O4S/c1-16-10-12-17(13-11-16)15-35-26-28-25-23(29-30-26)18-6-2-4-8-20(18)27-24(34-25)19-7-3-5-9-21(19)33-14-22(31)32/h2-13,24,27H,14-15H2,1H3,(H,31,32)/t24-/m0/s1. The lowest BCUT2D eigenvalue weighted by atomic mass is 10.1. The molecule has 3 aromatic carbocycles. The molecule has 176 valence electrons. The van der Waals surface area contributed by atoms with E-state index in [2.05, 4.69) is 51.7 Å². The van der Waals surface area contributed by atoms with E-state index in [-0.39, 0.29) is 0 Å². The van der Waals surface area contributed by atoms with Crippen molar-refractivity contribution < 1.29 is 19.4 Å². The van der Waals surface area contributed by atoms with Gasteiger partial charge >= 0.3 is 5.97 Å². The molecule has 0 unspecified atom stereocenters. The molecule has 0 amide bonds. The van der Waals surface area contributed by atoms with E-state index >= 15 is 0 Å². The topological polar surface area (TPSA) is 106 Å². The number of nitrogens with zero attached hydrogens (tertiary/aromatic N) is 3. The Kier molecular flexibility index (Phi) is 6.49. The molecule has 1 atom stereocenters. The lowest BCUT2D eigenvalue weighted by Gasteiger charge is -2.21. The number of aryl methyl sites for hydroxylation is 1. The third kappa shape index (κ3) is 5.20. The van der Waals surface area contributed by atoms with Gasteiger partial charge in [0.05, 0.1) is 5.56 Å². The molecule has 0 bridgehead atoms. The fourth-order valence-electron chi connectivity index (χ4n) is 3.65. The van der Waals surface area contributed by atoms with Crippen LogP contribution in [-0.2, 0) is 10.5 Å². The van der Waals surface area contributed by atoms with Crippen LogP contribution in [0.15, 0.2) is 78.0 Å². The van der Waals surface area contributed by atoms with E-state index in [1.54, 1.807) is 12.1 Å². The fourth-order valence-corrected chi connectivity index (χ4v) is 4.38. The van der Waals surface area contributed by atoms with E-state index in [0.717, 1.165) is 16.8 Å². The van der Waals surface area contributed by atoms with Crippen LogP contribution in [0.3, 0.4) is 0 Å². The molecular weight excluding hydrogens is 464 g/mol. The first-order valence-electron chi connectivity index (χ1n) is 11.0. The molecule has 1 aliphatic rings. The highest BCUT2D eigenvalue weighted by atomic mass is 32.2. The Morgan fingerprint density at radius 1 is 1.06 bits per heavy atom. The van der Waals surface area contributed by atoms with Crippen molar-refractivity contribution in [2.45, 2.75) is 24.1 Å². The zero-order valence-electron chi connectivity index (χ0n) is 18.8. The summed E-state index contributed by atoms with van der Waals surface area (Å²) in [6.07, 6.45) is -0.686. The average Bonchev–Trinajstić information content (AvgIpc) is 3.04. The largest absolute Gasteiger partial charge is 0.481 e. The van der Waals surface area contributed by atoms with Gasteiger partial charge in [0.25, 0.3) is 0 Å². The summed E-state index contributed by atoms with van der Waals surface area (Å²) in [7, 11) is 0. The second kappa shape index (κ2) is 10.0. The highest BCUT2D eigenvalue weighted by molar-refractivity contribution is 7.98. The third-order valence-electron chi connectivity index (χ3n) is 5.37. The van der Waals surface area contributed by atoms with Gasteiger partial charge in [-0.05, 0) is 30.7 Å². The smallest absolute Gasteiger partial charge is 0.341 e. The summed E-state index contributed by atoms with van der Waals surface area (Å²) in [4.78, 5) is 15.7. The third-order valence-corrected chi connectivity index (χ3v) is 6.28. The van der Waals surface area contributed by atoms with E-state index in [4.69, 9.17) is 14.6 Å². The van der Waals surface area contributed by atoms with Crippen molar-refractivity contribution in [3.05, 3.63) is 89.5 Å². The summed E-state index contributed by atoms with van der Waals surface area (Å²) in [6, 6.07) is 23.1. The zero-order chi connectivity index (χ0) is 24.2. The van der Waals surface area contributed by atoms with E-state index < -0.39 is 18.8 Å². The van der Waals surface area contributed by atoms with Gasteiger partial charge in [0.2, 0.25) is 17.3 Å². The van der Waals surface area contributed by atoms with Crippen LogP contribution in [-0.4, -0.2) is 32.9 Å². The summed E-state index contributed by atoms with van der Waals surface area (Å²) in [5.74, 6) is 0.383. The van der Waals surface area contributed by atoms with Crippen LogP contribution >= 0.6 is 11.8 Å². The fraction of sp³-hybridized carbons (Fsp3) is 0.154. The van der Waals surface area contributed by atoms with Gasteiger partial charge < -0.3 is 19.9 Å². The molecule has 35 heavy (non-hydrogen) atoms. The average molecular weight is 487 g/mol. The normalized spacial score (nSPS) is 14.0. The number of ether oxygens (including phenoxy) is 2. The molecular formula is C26H22N4O4S. The number of para-hydroxylation sites is 2. The van der Waals surface area contributed by atoms with Crippen molar-refractivity contribution in [2.75, 3.05) is 11.9 Å². The molecule has 5 rings (SSSR count). The first-order chi connectivity index (χ1) is 17.1. The minimum atomic E-state index is -1.06. The van der Waals surface area contributed by atoms with E-state index in [1.165, 1.54) is 17.3 Å². The Balaban J connectivity index is 1.48. The number of carboxylic acids is 1. The Morgan fingerprint density at radius 2 is 1.83 bits per heavy atom. The second-order valence-corrected chi connectivity index (χ2v) is 8.87. The van der Waals surface area contributed by atoms with Crippen molar-refractivity contribution in [3.63, 3.8) is 0 Å². The van der Waals surface area contributed by atoms with Gasteiger partial charge in [0.1, 0.15) is 5.75 Å². The summed E-state index contributed by atoms with van der Waals surface area (Å²) in [5.41, 5.74) is 5.14. The molecule has 1 aromatic heterocycles. The zero-order valence-corrected chi connectivity index (χ0v) is 19.7. The van der Waals surface area contributed by atoms with Gasteiger partial charge in [-0.3, -0.25) is 0 Å². The second-order valence-electron chi connectivity index (χ2n) is 7.93. The van der Waals surface area contributed by atoms with Gasteiger partial charge in [-0.2, -0.15) is 4.98 Å². The SMILES string of the molecule is Cc1ccc(CSc2nnc3c(n2)O[C@@H](c2ccccc2OCC(=O)O)Nc2ccccc2-3)cc1. The highest BCUT2D eigenvalue weighted by Crippen LogP contribution is 2.41. The number of aromatic nitrogens is 3. The molecule has 2 N–H and O–H groups in total. The minimum absolute atomic E-state index is 0.335. The van der Waals surface area contributed by atoms with Crippen molar-refractivity contribution >= 4 is 23.4 Å². The van der Waals surface area contributed by atoms with Gasteiger partial charge in [-0.15, -0.1) is 10.2 Å². The number of rotatable bonds is 7. The lowest BCUT2D eigenvalue weighted by Crippen LogP contribution is -2.19. The number of carbonyl (C=O) groups is 1. The number of carboxylic acid groups (broad SMARTS) is 1. The Hall–Kier alpha value is -4.11. The number of fused-ring (bicyclic) bond motifs is 3. The number of thioether (sulfide) groups is 1. The molecule has 0 radical (unpaired) electrons. The Labute approximate surface area is 206 Å². The first kappa shape index (κ1) is 22.7. The van der Waals surface area contributed by atoms with Crippen LogP contribution in [0.25, 0.3) is 11.3 Å². The maximum atomic E-state index is 11.1. The molecule has 8 nitrogen and oxygen atoms in total. The molecule has 4 aromatic rings. The van der Waals surface area contributed by atoms with E-state index in [0.29, 0.717) is 33.8 Å². The van der Waals surface area contributed by atoms with Gasteiger partial charge in [0.15, 0.2) is 12.3 Å². The van der Waals surface area contributed by atoms with Crippen molar-refractivity contribution in [2.24, 2.45) is 0 Å². The number of hydrogen-bond acceptors (Lipinski definition) is 8. The summed E-state index contributed by atoms with van der Waals surface area (Å²) in [5, 5.41) is 21.7. The quantitative estimate of drug-likeness (QED) is 0.345. The van der Waals surface area contributed by atoms with Crippen LogP contribution in [0.2, 0.25) is 0 Å². The Bertz CT molecular complexity index is 1360. The van der Waals surface area contributed by atoms with Crippen molar-refractivity contribution in [3.8, 4) is 22.9 Å². The molecule has 0 saturated carbocycles. The molecule has 9 heteroatoms. The number of hydrogen-bond donors (Lipinski definition) is 2. The highest BCUT2D eigenvalue weighted by Gasteiger charge is 2.28. The molecule has 0 aliphatic carbocycles. The molecule has 0 spiro atoms.